The molecule has 7 atom stereocenters. The van der Waals surface area contributed by atoms with E-state index in [1.165, 1.54) is 0 Å². The first-order chi connectivity index (χ1) is 13.3. The molecule has 2 N–H and O–H groups in total. The van der Waals surface area contributed by atoms with Gasteiger partial charge >= 0.3 is 13.8 Å². The van der Waals surface area contributed by atoms with E-state index in [9.17, 15) is 14.3 Å². The van der Waals surface area contributed by atoms with Crippen LogP contribution in [0.4, 0.5) is 0 Å². The summed E-state index contributed by atoms with van der Waals surface area (Å²) in [6.45, 7) is 11.3. The zero-order valence-corrected chi connectivity index (χ0v) is 19.1. The molecule has 2 rings (SSSR count). The number of hydrogen-bond acceptors (Lipinski definition) is 9. The number of rotatable bonds is 9. The molecule has 0 amide bonds. The molecule has 10 heteroatoms. The van der Waals surface area contributed by atoms with Gasteiger partial charge in [0.05, 0.1) is 42.7 Å². The van der Waals surface area contributed by atoms with Crippen LogP contribution in [0.5, 0.6) is 0 Å². The average molecular weight is 436 g/mol. The highest BCUT2D eigenvalue weighted by molar-refractivity contribution is 7.46. The normalized spacial score (nSPS) is 37.2. The predicted octanol–water partition coefficient (Wildman–Crippen LogP) is 1.91. The van der Waals surface area contributed by atoms with E-state index in [4.69, 9.17) is 29.0 Å². The summed E-state index contributed by atoms with van der Waals surface area (Å²) in [4.78, 5) is 24.9. The predicted molar refractivity (Wildman–Crippen MR) is 104 cm³/mol. The van der Waals surface area contributed by atoms with E-state index in [0.717, 1.165) is 0 Å². The van der Waals surface area contributed by atoms with Crippen molar-refractivity contribution in [3.63, 3.8) is 0 Å². The smallest absolute Gasteiger partial charge is 0.343 e. The van der Waals surface area contributed by atoms with Crippen molar-refractivity contribution in [2.75, 3.05) is 6.61 Å². The molecule has 9 nitrogen and oxygen atoms in total. The molecule has 1 saturated heterocycles. The molecule has 170 valence electrons. The van der Waals surface area contributed by atoms with Crippen LogP contribution >= 0.6 is 7.82 Å². The molecular formula is C19H35NO8P-. The van der Waals surface area contributed by atoms with E-state index in [-0.39, 0.29) is 30.8 Å². The highest BCUT2D eigenvalue weighted by Crippen LogP contribution is 2.47. The standard InChI is InChI=1S/C19H36NO8P/c1-11(2)24-10-19(20)9-13(5)7-16(19)27-29(22,23)28-18(21)17-15(25-12(3)4)8-14(6)26-17/h11-17H,7-10,20H2,1-6H3,(H,22,23)/p-1/t13-,14-,15?,16+,17-,19-/m0/s1. The van der Waals surface area contributed by atoms with E-state index in [0.29, 0.717) is 19.3 Å². The molecule has 1 saturated carbocycles. The van der Waals surface area contributed by atoms with Crippen molar-refractivity contribution < 1.29 is 37.5 Å². The fraction of sp³-hybridized carbons (Fsp3) is 0.947. The summed E-state index contributed by atoms with van der Waals surface area (Å²) in [6.07, 6.45) is -1.52. The lowest BCUT2D eigenvalue weighted by atomic mass is 9.97. The van der Waals surface area contributed by atoms with Gasteiger partial charge in [-0.25, -0.2) is 4.79 Å². The van der Waals surface area contributed by atoms with E-state index in [1.54, 1.807) is 6.92 Å². The summed E-state index contributed by atoms with van der Waals surface area (Å²) in [5, 5.41) is 0. The van der Waals surface area contributed by atoms with Gasteiger partial charge < -0.3 is 33.9 Å². The SMILES string of the molecule is CC(C)OC[C@@]1(N)C[C@@H](C)C[C@H]1OP(=O)([O-])OC(=O)[C@H]1O[C@@H](C)CC1OC(C)C. The van der Waals surface area contributed by atoms with Crippen molar-refractivity contribution in [2.24, 2.45) is 11.7 Å². The molecule has 0 aromatic rings. The number of phosphoric ester groups is 1. The van der Waals surface area contributed by atoms with Crippen LogP contribution in [-0.4, -0.2) is 54.7 Å². The molecule has 2 fully saturated rings. The Morgan fingerprint density at radius 1 is 1.24 bits per heavy atom. The van der Waals surface area contributed by atoms with Crippen molar-refractivity contribution in [2.45, 2.75) is 103 Å². The Balaban J connectivity index is 2.02. The molecule has 1 aliphatic carbocycles. The number of carbonyl (C=O) groups excluding carboxylic acids is 1. The molecule has 0 spiro atoms. The Morgan fingerprint density at radius 2 is 1.90 bits per heavy atom. The van der Waals surface area contributed by atoms with Crippen molar-refractivity contribution in [1.29, 1.82) is 0 Å². The van der Waals surface area contributed by atoms with Gasteiger partial charge in [-0.05, 0) is 53.4 Å². The lowest BCUT2D eigenvalue weighted by Crippen LogP contribution is -2.52. The Labute approximate surface area is 173 Å². The highest BCUT2D eigenvalue weighted by Gasteiger charge is 2.47. The molecule has 2 aliphatic rings. The summed E-state index contributed by atoms with van der Waals surface area (Å²) in [5.74, 6) is -0.885. The number of phosphoric acid groups is 1. The molecule has 29 heavy (non-hydrogen) atoms. The third kappa shape index (κ3) is 6.99. The number of carbonyl (C=O) groups is 1. The minimum Gasteiger partial charge on any atom is -0.746 e. The van der Waals surface area contributed by atoms with Gasteiger partial charge in [-0.1, -0.05) is 6.92 Å². The van der Waals surface area contributed by atoms with Gasteiger partial charge in [0, 0.05) is 6.42 Å². The number of nitrogens with two attached hydrogens (primary N) is 1. The van der Waals surface area contributed by atoms with Crippen LogP contribution in [0.25, 0.3) is 0 Å². The second-order valence-electron chi connectivity index (χ2n) is 8.92. The van der Waals surface area contributed by atoms with Crippen LogP contribution in [0.1, 0.15) is 60.8 Å². The van der Waals surface area contributed by atoms with Gasteiger partial charge in [0.15, 0.2) is 6.10 Å². The summed E-state index contributed by atoms with van der Waals surface area (Å²) in [5.41, 5.74) is 5.43. The average Bonchev–Trinajstić information content (AvgIpc) is 3.03. The number of hydrogen-bond donors (Lipinski definition) is 1. The third-order valence-corrected chi connectivity index (χ3v) is 6.01. The lowest BCUT2D eigenvalue weighted by molar-refractivity contribution is -0.233. The van der Waals surface area contributed by atoms with Crippen LogP contribution in [0, 0.1) is 5.92 Å². The zero-order chi connectivity index (χ0) is 22.0. The van der Waals surface area contributed by atoms with Crippen LogP contribution in [0.3, 0.4) is 0 Å². The second-order valence-corrected chi connectivity index (χ2v) is 10.2. The third-order valence-electron chi connectivity index (χ3n) is 5.09. The Morgan fingerprint density at radius 3 is 2.48 bits per heavy atom. The minimum atomic E-state index is -4.96. The largest absolute Gasteiger partial charge is 0.746 e. The highest BCUT2D eigenvalue weighted by atomic mass is 31.2. The van der Waals surface area contributed by atoms with Crippen LogP contribution < -0.4 is 10.6 Å². The first-order valence-electron chi connectivity index (χ1n) is 10.3. The summed E-state index contributed by atoms with van der Waals surface area (Å²) in [6, 6.07) is 0. The molecule has 0 bridgehead atoms. The molecule has 0 radical (unpaired) electrons. The first kappa shape index (κ1) is 24.7. The second kappa shape index (κ2) is 9.73. The Kier molecular flexibility index (Phi) is 8.29. The van der Waals surface area contributed by atoms with Gasteiger partial charge in [-0.15, -0.1) is 0 Å². The molecule has 1 aliphatic heterocycles. The topological polar surface area (TPSA) is 129 Å². The van der Waals surface area contributed by atoms with E-state index in [1.807, 2.05) is 34.6 Å². The van der Waals surface area contributed by atoms with Crippen LogP contribution in [0.2, 0.25) is 0 Å². The van der Waals surface area contributed by atoms with Crippen molar-refractivity contribution in [3.05, 3.63) is 0 Å². The van der Waals surface area contributed by atoms with Crippen molar-refractivity contribution in [1.82, 2.24) is 0 Å². The van der Waals surface area contributed by atoms with Crippen molar-refractivity contribution >= 4 is 13.8 Å². The van der Waals surface area contributed by atoms with Gasteiger partial charge in [-0.2, -0.15) is 0 Å². The number of ether oxygens (including phenoxy) is 3. The van der Waals surface area contributed by atoms with E-state index in [2.05, 4.69) is 0 Å². The first-order valence-corrected chi connectivity index (χ1v) is 11.7. The molecule has 0 aromatic carbocycles. The Bertz CT molecular complexity index is 615. The maximum absolute atomic E-state index is 12.5. The van der Waals surface area contributed by atoms with Gasteiger partial charge in [-0.3, -0.25) is 4.57 Å². The maximum Gasteiger partial charge on any atom is 0.343 e. The van der Waals surface area contributed by atoms with Gasteiger partial charge in [0.25, 0.3) is 0 Å². The van der Waals surface area contributed by atoms with E-state index < -0.39 is 37.6 Å². The molecular weight excluding hydrogens is 401 g/mol. The van der Waals surface area contributed by atoms with Crippen molar-refractivity contribution in [3.8, 4) is 0 Å². The molecule has 1 heterocycles. The Hall–Kier alpha value is -0.540. The quantitative estimate of drug-likeness (QED) is 0.539. The summed E-state index contributed by atoms with van der Waals surface area (Å²) >= 11 is 0. The molecule has 0 aromatic heterocycles. The van der Waals surface area contributed by atoms with Crippen LogP contribution in [0.15, 0.2) is 0 Å². The monoisotopic (exact) mass is 436 g/mol. The fourth-order valence-corrected chi connectivity index (χ4v) is 4.93. The fourth-order valence-electron chi connectivity index (χ4n) is 3.95. The van der Waals surface area contributed by atoms with Crippen LogP contribution in [-0.2, 0) is 32.6 Å². The van der Waals surface area contributed by atoms with E-state index >= 15 is 0 Å². The lowest BCUT2D eigenvalue weighted by Gasteiger charge is -2.35. The maximum atomic E-state index is 12.5. The minimum absolute atomic E-state index is 0.0525. The van der Waals surface area contributed by atoms with Gasteiger partial charge in [0.1, 0.15) is 0 Å². The van der Waals surface area contributed by atoms with Gasteiger partial charge in [0.2, 0.25) is 0 Å². The molecule has 2 unspecified atom stereocenters. The summed E-state index contributed by atoms with van der Waals surface area (Å²) in [7, 11) is -4.96. The zero-order valence-electron chi connectivity index (χ0n) is 18.2. The summed E-state index contributed by atoms with van der Waals surface area (Å²) < 4.78 is 39.2.